The van der Waals surface area contributed by atoms with Crippen molar-refractivity contribution in [2.45, 2.75) is 53.6 Å². The fourth-order valence-corrected chi connectivity index (χ4v) is 3.11. The summed E-state index contributed by atoms with van der Waals surface area (Å²) in [5.41, 5.74) is 4.93. The molecular weight excluding hydrogens is 356 g/mol. The van der Waals surface area contributed by atoms with Crippen molar-refractivity contribution >= 4 is 22.9 Å². The Morgan fingerprint density at radius 2 is 1.68 bits per heavy atom. The maximum absolute atomic E-state index is 12.8. The number of aryl methyl sites for hydroxylation is 3. The first-order valence-corrected chi connectivity index (χ1v) is 9.27. The summed E-state index contributed by atoms with van der Waals surface area (Å²) in [5.74, 6) is -0.703. The summed E-state index contributed by atoms with van der Waals surface area (Å²) in [6.07, 6.45) is 0.467. The summed E-state index contributed by atoms with van der Waals surface area (Å²) in [6.45, 7) is 11.4. The number of hydrogen-bond acceptors (Lipinski definition) is 6. The van der Waals surface area contributed by atoms with Gasteiger partial charge in [0.15, 0.2) is 6.10 Å². The van der Waals surface area contributed by atoms with E-state index in [1.54, 1.807) is 13.0 Å². The summed E-state index contributed by atoms with van der Waals surface area (Å²) in [4.78, 5) is 29.5. The third-order valence-electron chi connectivity index (χ3n) is 4.90. The van der Waals surface area contributed by atoms with Crippen molar-refractivity contribution in [1.29, 1.82) is 0 Å². The van der Waals surface area contributed by atoms with Gasteiger partial charge in [0, 0.05) is 11.8 Å². The van der Waals surface area contributed by atoms with Gasteiger partial charge in [-0.3, -0.25) is 4.79 Å². The normalized spacial score (nSPS) is 12.4. The highest BCUT2D eigenvalue weighted by Gasteiger charge is 2.23. The fourth-order valence-electron chi connectivity index (χ4n) is 3.11. The first kappa shape index (κ1) is 19.7. The molecule has 3 aromatic rings. The molecule has 6 nitrogen and oxygen atoms in total. The smallest absolute Gasteiger partial charge is 0.340 e. The van der Waals surface area contributed by atoms with Crippen LogP contribution in [-0.4, -0.2) is 28.0 Å². The van der Waals surface area contributed by atoms with Gasteiger partial charge in [-0.25, -0.2) is 9.78 Å². The molecular formula is C22H24N2O4. The number of carbonyl (C=O) groups excluding carboxylic acids is 2. The lowest BCUT2D eigenvalue weighted by molar-refractivity contribution is 0.0318. The summed E-state index contributed by atoms with van der Waals surface area (Å²) < 4.78 is 10.6. The van der Waals surface area contributed by atoms with Gasteiger partial charge in [-0.1, -0.05) is 25.1 Å². The van der Waals surface area contributed by atoms with Gasteiger partial charge in [-0.05, 0) is 62.4 Å². The van der Waals surface area contributed by atoms with Crippen LogP contribution in [0.4, 0.5) is 0 Å². The minimum atomic E-state index is -0.906. The van der Waals surface area contributed by atoms with Gasteiger partial charge >= 0.3 is 5.97 Å². The van der Waals surface area contributed by atoms with E-state index >= 15 is 0 Å². The monoisotopic (exact) mass is 380 g/mol. The molecule has 28 heavy (non-hydrogen) atoms. The summed E-state index contributed by atoms with van der Waals surface area (Å²) in [7, 11) is 0. The summed E-state index contributed by atoms with van der Waals surface area (Å²) >= 11 is 0. The number of pyridine rings is 1. The molecule has 2 aromatic heterocycles. The highest BCUT2D eigenvalue weighted by atomic mass is 16.5. The van der Waals surface area contributed by atoms with Crippen LogP contribution in [0, 0.1) is 20.8 Å². The number of benzene rings is 1. The van der Waals surface area contributed by atoms with Crippen LogP contribution in [0.3, 0.4) is 0 Å². The lowest BCUT2D eigenvalue weighted by Crippen LogP contribution is -2.25. The van der Waals surface area contributed by atoms with E-state index in [2.05, 4.69) is 10.1 Å². The molecule has 0 amide bonds. The van der Waals surface area contributed by atoms with Crippen LogP contribution in [0.25, 0.3) is 11.1 Å². The first-order valence-electron chi connectivity index (χ1n) is 9.27. The SMILES string of the molecule is Cc1cc(C)c(C(=O)[C@@H](C)OC(=O)c2cnc3onc(C(C)C)c3c2)cc1C. The summed E-state index contributed by atoms with van der Waals surface area (Å²) in [6, 6.07) is 5.46. The number of Topliss-reactive ketones (excluding diaryl/α,β-unsaturated/α-hetero) is 1. The highest BCUT2D eigenvalue weighted by molar-refractivity contribution is 6.03. The highest BCUT2D eigenvalue weighted by Crippen LogP contribution is 2.25. The second kappa shape index (κ2) is 7.54. The molecule has 0 saturated carbocycles. The Bertz CT molecular complexity index is 1070. The van der Waals surface area contributed by atoms with Crippen molar-refractivity contribution in [2.24, 2.45) is 0 Å². The molecule has 0 N–H and O–H groups in total. The van der Waals surface area contributed by atoms with E-state index in [0.29, 0.717) is 16.7 Å². The lowest BCUT2D eigenvalue weighted by Gasteiger charge is -2.15. The summed E-state index contributed by atoms with van der Waals surface area (Å²) in [5, 5.41) is 4.68. The molecule has 0 bridgehead atoms. The number of carbonyl (C=O) groups is 2. The van der Waals surface area contributed by atoms with E-state index in [9.17, 15) is 9.59 Å². The third-order valence-corrected chi connectivity index (χ3v) is 4.90. The van der Waals surface area contributed by atoms with E-state index in [0.717, 1.165) is 22.4 Å². The maximum atomic E-state index is 12.8. The number of aromatic nitrogens is 2. The standard InChI is InChI=1S/C22H24N2O4/c1-11(2)19-18-9-16(10-23-21(18)28-24-19)22(26)27-15(6)20(25)17-8-13(4)12(3)7-14(17)5/h7-11,15H,1-6H3/t15-/m1/s1. The molecule has 0 saturated heterocycles. The van der Waals surface area contributed by atoms with Crippen LogP contribution < -0.4 is 0 Å². The molecule has 3 rings (SSSR count). The predicted octanol–water partition coefficient (Wildman–Crippen LogP) is 4.70. The Morgan fingerprint density at radius 1 is 1.00 bits per heavy atom. The molecule has 1 aromatic carbocycles. The zero-order valence-corrected chi connectivity index (χ0v) is 17.0. The number of rotatable bonds is 5. The second-order valence-electron chi connectivity index (χ2n) is 7.46. The number of hydrogen-bond donors (Lipinski definition) is 0. The van der Waals surface area contributed by atoms with E-state index in [4.69, 9.17) is 9.26 Å². The van der Waals surface area contributed by atoms with Crippen molar-refractivity contribution in [3.63, 3.8) is 0 Å². The van der Waals surface area contributed by atoms with Crippen LogP contribution in [0.1, 0.15) is 69.8 Å². The van der Waals surface area contributed by atoms with Gasteiger partial charge in [0.25, 0.3) is 5.71 Å². The van der Waals surface area contributed by atoms with E-state index in [-0.39, 0.29) is 17.3 Å². The molecule has 1 atom stereocenters. The van der Waals surface area contributed by atoms with Gasteiger partial charge in [0.1, 0.15) is 0 Å². The van der Waals surface area contributed by atoms with Crippen LogP contribution in [0.5, 0.6) is 0 Å². The number of ether oxygens (including phenoxy) is 1. The lowest BCUT2D eigenvalue weighted by atomic mass is 9.96. The average Bonchev–Trinajstić information content (AvgIpc) is 3.07. The Hall–Kier alpha value is -3.02. The van der Waals surface area contributed by atoms with E-state index < -0.39 is 12.1 Å². The minimum Gasteiger partial charge on any atom is -0.451 e. The number of esters is 1. The number of nitrogens with zero attached hydrogens (tertiary/aromatic N) is 2. The largest absolute Gasteiger partial charge is 0.451 e. The quantitative estimate of drug-likeness (QED) is 0.471. The topological polar surface area (TPSA) is 82.3 Å². The van der Waals surface area contributed by atoms with Crippen molar-refractivity contribution < 1.29 is 18.8 Å². The molecule has 6 heteroatoms. The molecule has 0 radical (unpaired) electrons. The molecule has 0 aliphatic carbocycles. The second-order valence-corrected chi connectivity index (χ2v) is 7.46. The predicted molar refractivity (Wildman–Crippen MR) is 106 cm³/mol. The molecule has 0 aliphatic heterocycles. The molecule has 0 aliphatic rings. The molecule has 0 unspecified atom stereocenters. The van der Waals surface area contributed by atoms with Crippen molar-refractivity contribution in [2.75, 3.05) is 0 Å². The van der Waals surface area contributed by atoms with Gasteiger partial charge in [0.2, 0.25) is 5.78 Å². The van der Waals surface area contributed by atoms with Crippen molar-refractivity contribution in [3.05, 3.63) is 57.9 Å². The molecule has 0 fully saturated rings. The fraction of sp³-hybridized carbons (Fsp3) is 0.364. The Balaban J connectivity index is 1.82. The molecule has 2 heterocycles. The van der Waals surface area contributed by atoms with Crippen LogP contribution in [0.15, 0.2) is 28.9 Å². The van der Waals surface area contributed by atoms with E-state index in [1.165, 1.54) is 6.20 Å². The van der Waals surface area contributed by atoms with Crippen LogP contribution in [-0.2, 0) is 4.74 Å². The van der Waals surface area contributed by atoms with Crippen LogP contribution >= 0.6 is 0 Å². The maximum Gasteiger partial charge on any atom is 0.340 e. The third kappa shape index (κ3) is 3.67. The Kier molecular flexibility index (Phi) is 5.31. The minimum absolute atomic E-state index is 0.127. The first-order chi connectivity index (χ1) is 13.2. The van der Waals surface area contributed by atoms with Gasteiger partial charge < -0.3 is 9.26 Å². The van der Waals surface area contributed by atoms with Crippen molar-refractivity contribution in [1.82, 2.24) is 10.1 Å². The zero-order valence-electron chi connectivity index (χ0n) is 17.0. The van der Waals surface area contributed by atoms with Crippen molar-refractivity contribution in [3.8, 4) is 0 Å². The Labute approximate surface area is 163 Å². The van der Waals surface area contributed by atoms with Gasteiger partial charge in [0.05, 0.1) is 16.6 Å². The number of fused-ring (bicyclic) bond motifs is 1. The zero-order chi connectivity index (χ0) is 20.6. The van der Waals surface area contributed by atoms with E-state index in [1.807, 2.05) is 46.8 Å². The average molecular weight is 380 g/mol. The Morgan fingerprint density at radius 3 is 2.36 bits per heavy atom. The number of ketones is 1. The van der Waals surface area contributed by atoms with Crippen LogP contribution in [0.2, 0.25) is 0 Å². The molecule has 0 spiro atoms. The van der Waals surface area contributed by atoms with Gasteiger partial charge in [-0.2, -0.15) is 0 Å². The van der Waals surface area contributed by atoms with Gasteiger partial charge in [-0.15, -0.1) is 0 Å². The molecule has 146 valence electrons.